The highest BCUT2D eigenvalue weighted by Gasteiger charge is 2.32. The minimum absolute atomic E-state index is 0.0518. The maximum atomic E-state index is 13.8. The van der Waals surface area contributed by atoms with Crippen LogP contribution in [0.1, 0.15) is 68.2 Å². The van der Waals surface area contributed by atoms with Crippen LogP contribution in [0.3, 0.4) is 0 Å². The molecular formula is C36H44Cl4N4O7. The zero-order valence-electron chi connectivity index (χ0n) is 29.8. The molecule has 0 saturated heterocycles. The maximum absolute atomic E-state index is 13.8. The number of benzene rings is 2. The van der Waals surface area contributed by atoms with Crippen molar-refractivity contribution >= 4 is 76.0 Å². The number of hydrogen-bond donors (Lipinski definition) is 2. The number of aromatic nitrogens is 1. The Morgan fingerprint density at radius 2 is 1.49 bits per heavy atom. The lowest BCUT2D eigenvalue weighted by Gasteiger charge is -2.32. The lowest BCUT2D eigenvalue weighted by Crippen LogP contribution is -2.55. The van der Waals surface area contributed by atoms with Crippen LogP contribution in [-0.4, -0.2) is 63.7 Å². The van der Waals surface area contributed by atoms with E-state index in [0.29, 0.717) is 38.3 Å². The number of hydrogen-bond acceptors (Lipinski definition) is 8. The van der Waals surface area contributed by atoms with Gasteiger partial charge in [-0.1, -0.05) is 83.6 Å². The number of ether oxygens (including phenoxy) is 2. The summed E-state index contributed by atoms with van der Waals surface area (Å²) >= 11 is 25.0. The molecule has 51 heavy (non-hydrogen) atoms. The van der Waals surface area contributed by atoms with E-state index in [-0.39, 0.29) is 25.3 Å². The van der Waals surface area contributed by atoms with Gasteiger partial charge in [0.15, 0.2) is 10.6 Å². The largest absolute Gasteiger partial charge is 0.460 e. The second-order valence-electron chi connectivity index (χ2n) is 14.2. The van der Waals surface area contributed by atoms with Crippen LogP contribution in [0.15, 0.2) is 53.1 Å². The molecule has 15 heteroatoms. The Bertz CT molecular complexity index is 1680. The molecule has 3 aromatic rings. The summed E-state index contributed by atoms with van der Waals surface area (Å²) in [5.41, 5.74) is 0.348. The van der Waals surface area contributed by atoms with Crippen molar-refractivity contribution in [2.24, 2.45) is 5.92 Å². The Morgan fingerprint density at radius 1 is 0.882 bits per heavy atom. The van der Waals surface area contributed by atoms with Crippen LogP contribution in [0.2, 0.25) is 10.0 Å². The summed E-state index contributed by atoms with van der Waals surface area (Å²) < 4.78 is 16.4. The normalized spacial score (nSPS) is 13.1. The van der Waals surface area contributed by atoms with Crippen LogP contribution in [0, 0.1) is 5.92 Å². The van der Waals surface area contributed by atoms with Crippen molar-refractivity contribution in [1.29, 1.82) is 0 Å². The van der Waals surface area contributed by atoms with Crippen molar-refractivity contribution in [1.82, 2.24) is 15.8 Å². The Hall–Kier alpha value is -3.51. The number of carbonyl (C=O) groups is 4. The zero-order chi connectivity index (χ0) is 38.3. The number of alkyl halides is 2. The molecule has 3 amide bonds. The van der Waals surface area contributed by atoms with E-state index in [1.54, 1.807) is 90.1 Å². The Labute approximate surface area is 318 Å². The predicted octanol–water partition coefficient (Wildman–Crippen LogP) is 8.61. The zero-order valence-corrected chi connectivity index (χ0v) is 32.8. The first-order chi connectivity index (χ1) is 23.6. The van der Waals surface area contributed by atoms with Gasteiger partial charge in [-0.05, 0) is 78.1 Å². The third-order valence-electron chi connectivity index (χ3n) is 7.20. The van der Waals surface area contributed by atoms with Crippen molar-refractivity contribution in [2.75, 3.05) is 11.4 Å². The molecule has 0 spiro atoms. The van der Waals surface area contributed by atoms with Gasteiger partial charge in [0.1, 0.15) is 22.9 Å². The molecule has 278 valence electrons. The summed E-state index contributed by atoms with van der Waals surface area (Å²) in [5, 5.41) is 10.5. The molecule has 3 rings (SSSR count). The molecule has 0 aliphatic heterocycles. The Balaban J connectivity index is 1.90. The summed E-state index contributed by atoms with van der Waals surface area (Å²) in [6.07, 6.45) is -1.05. The first-order valence-corrected chi connectivity index (χ1v) is 17.9. The molecule has 1 heterocycles. The van der Waals surface area contributed by atoms with Gasteiger partial charge in [0.25, 0.3) is 5.91 Å². The van der Waals surface area contributed by atoms with Gasteiger partial charge in [-0.3, -0.25) is 14.4 Å². The Kier molecular flexibility index (Phi) is 14.6. The van der Waals surface area contributed by atoms with E-state index in [2.05, 4.69) is 15.8 Å². The minimum Gasteiger partial charge on any atom is -0.460 e. The van der Waals surface area contributed by atoms with E-state index < -0.39 is 52.0 Å². The van der Waals surface area contributed by atoms with E-state index in [9.17, 15) is 19.2 Å². The molecule has 0 bridgehead atoms. The van der Waals surface area contributed by atoms with Gasteiger partial charge >= 0.3 is 12.1 Å². The van der Waals surface area contributed by atoms with Gasteiger partial charge in [-0.2, -0.15) is 0 Å². The van der Waals surface area contributed by atoms with Crippen LogP contribution in [-0.2, 0) is 23.9 Å². The molecular weight excluding hydrogens is 742 g/mol. The summed E-state index contributed by atoms with van der Waals surface area (Å²) in [6.45, 7) is 13.9. The molecule has 2 atom stereocenters. The molecule has 0 aliphatic rings. The number of rotatable bonds is 13. The molecule has 2 aromatic carbocycles. The van der Waals surface area contributed by atoms with Gasteiger partial charge < -0.3 is 29.5 Å². The number of esters is 1. The number of nitrogens with one attached hydrogen (secondary N) is 2. The first-order valence-electron chi connectivity index (χ1n) is 16.3. The quantitative estimate of drug-likeness (QED) is 0.130. The SMILES string of the molecule is CC(C)[C@@H](CN(C(=O)C(Cl)Cl)c1cccc(-c2cc(-c3c(Cl)cccc3Cl)no2)c1)NC(=O)[C@H](CCC(=O)OC(C)(C)C)NC(=O)OC(C)(C)C. The van der Waals surface area contributed by atoms with E-state index >= 15 is 0 Å². The highest BCUT2D eigenvalue weighted by atomic mass is 35.5. The first kappa shape index (κ1) is 41.9. The van der Waals surface area contributed by atoms with E-state index in [4.69, 9.17) is 60.4 Å². The summed E-state index contributed by atoms with van der Waals surface area (Å²) in [5.74, 6) is -1.61. The highest BCUT2D eigenvalue weighted by molar-refractivity contribution is 6.54. The third-order valence-corrected chi connectivity index (χ3v) is 8.20. The fourth-order valence-corrected chi connectivity index (χ4v) is 5.64. The average Bonchev–Trinajstić information content (AvgIpc) is 3.48. The molecule has 0 radical (unpaired) electrons. The predicted molar refractivity (Wildman–Crippen MR) is 200 cm³/mol. The molecule has 11 nitrogen and oxygen atoms in total. The molecule has 0 fully saturated rings. The monoisotopic (exact) mass is 784 g/mol. The van der Waals surface area contributed by atoms with Crippen molar-refractivity contribution in [3.8, 4) is 22.6 Å². The van der Waals surface area contributed by atoms with Crippen LogP contribution < -0.4 is 15.5 Å². The number of carbonyl (C=O) groups excluding carboxylic acids is 4. The molecule has 0 saturated carbocycles. The van der Waals surface area contributed by atoms with Crippen molar-refractivity contribution in [3.05, 3.63) is 58.6 Å². The van der Waals surface area contributed by atoms with Crippen LogP contribution in [0.4, 0.5) is 10.5 Å². The summed E-state index contributed by atoms with van der Waals surface area (Å²) in [7, 11) is 0. The van der Waals surface area contributed by atoms with E-state index in [0.717, 1.165) is 0 Å². The standard InChI is InChI=1S/C36H44Cl4N4O7/c1-20(2)27(41-32(46)25(42-34(48)50-36(6,7)8)15-16-29(45)49-35(3,4)5)19-44(33(47)31(39)40)22-12-9-11-21(17-22)28-18-26(43-51-28)30-23(37)13-10-14-24(30)38/h9-14,17-18,20,25,27,31H,15-16,19H2,1-8H3,(H,41,46)(H,42,48)/t25-,27+/m0/s1. The molecule has 2 N–H and O–H groups in total. The molecule has 0 unspecified atom stereocenters. The van der Waals surface area contributed by atoms with Gasteiger partial charge in [0, 0.05) is 41.9 Å². The Morgan fingerprint density at radius 3 is 2.06 bits per heavy atom. The van der Waals surface area contributed by atoms with Crippen LogP contribution >= 0.6 is 46.4 Å². The molecule has 0 aliphatic carbocycles. The van der Waals surface area contributed by atoms with Crippen molar-refractivity contribution < 1.29 is 33.2 Å². The number of alkyl carbamates (subject to hydrolysis) is 1. The van der Waals surface area contributed by atoms with E-state index in [1.165, 1.54) is 4.90 Å². The second-order valence-corrected chi connectivity index (χ2v) is 16.1. The van der Waals surface area contributed by atoms with Crippen molar-refractivity contribution in [3.63, 3.8) is 0 Å². The summed E-state index contributed by atoms with van der Waals surface area (Å²) in [4.78, 5) is 52.4. The summed E-state index contributed by atoms with van der Waals surface area (Å²) in [6, 6.07) is 11.8. The smallest absolute Gasteiger partial charge is 0.408 e. The lowest BCUT2D eigenvalue weighted by atomic mass is 10.0. The highest BCUT2D eigenvalue weighted by Crippen LogP contribution is 2.36. The van der Waals surface area contributed by atoms with Gasteiger partial charge in [-0.25, -0.2) is 4.79 Å². The van der Waals surface area contributed by atoms with Gasteiger partial charge in [0.2, 0.25) is 5.91 Å². The average molecular weight is 787 g/mol. The van der Waals surface area contributed by atoms with Gasteiger partial charge in [0.05, 0.1) is 10.0 Å². The van der Waals surface area contributed by atoms with Gasteiger partial charge in [-0.15, -0.1) is 0 Å². The fraction of sp³-hybridized carbons (Fsp3) is 0.472. The topological polar surface area (TPSA) is 140 Å². The van der Waals surface area contributed by atoms with Crippen molar-refractivity contribution in [2.45, 2.75) is 96.4 Å². The number of amides is 3. The fourth-order valence-electron chi connectivity index (χ4n) is 4.82. The number of anilines is 1. The second kappa shape index (κ2) is 17.8. The molecule has 1 aromatic heterocycles. The lowest BCUT2D eigenvalue weighted by molar-refractivity contribution is -0.155. The number of nitrogens with zero attached hydrogens (tertiary/aromatic N) is 2. The maximum Gasteiger partial charge on any atom is 0.408 e. The third kappa shape index (κ3) is 12.9. The van der Waals surface area contributed by atoms with E-state index in [1.807, 2.05) is 13.8 Å². The van der Waals surface area contributed by atoms with Crippen LogP contribution in [0.5, 0.6) is 0 Å². The minimum atomic E-state index is -1.42. The van der Waals surface area contributed by atoms with Crippen LogP contribution in [0.25, 0.3) is 22.6 Å². The number of halogens is 4.